The SMILES string of the molecule is CNC(=S)N(C)Cc1ccc(OC(F)F)c(OC)c1. The fraction of sp³-hybridized carbons (Fsp3) is 0.417. The van der Waals surface area contributed by atoms with Crippen molar-refractivity contribution >= 4 is 17.3 Å². The molecular weight excluding hydrogens is 274 g/mol. The van der Waals surface area contributed by atoms with Gasteiger partial charge in [-0.3, -0.25) is 0 Å². The summed E-state index contributed by atoms with van der Waals surface area (Å²) in [6.45, 7) is -2.34. The highest BCUT2D eigenvalue weighted by molar-refractivity contribution is 7.80. The van der Waals surface area contributed by atoms with E-state index in [9.17, 15) is 8.78 Å². The van der Waals surface area contributed by atoms with Crippen LogP contribution in [0.2, 0.25) is 0 Å². The molecule has 0 aromatic heterocycles. The van der Waals surface area contributed by atoms with Gasteiger partial charge in [-0.25, -0.2) is 0 Å². The second kappa shape index (κ2) is 7.08. The zero-order chi connectivity index (χ0) is 14.4. The first kappa shape index (κ1) is 15.4. The fourth-order valence-electron chi connectivity index (χ4n) is 1.54. The number of nitrogens with zero attached hydrogens (tertiary/aromatic N) is 1. The lowest BCUT2D eigenvalue weighted by molar-refractivity contribution is -0.0512. The molecule has 0 saturated heterocycles. The van der Waals surface area contributed by atoms with E-state index in [1.54, 1.807) is 19.2 Å². The largest absolute Gasteiger partial charge is 0.493 e. The first-order valence-electron chi connectivity index (χ1n) is 5.52. The van der Waals surface area contributed by atoms with Gasteiger partial charge in [0.1, 0.15) is 0 Å². The maximum atomic E-state index is 12.2. The van der Waals surface area contributed by atoms with Gasteiger partial charge in [0, 0.05) is 20.6 Å². The minimum atomic E-state index is -2.88. The van der Waals surface area contributed by atoms with Crippen LogP contribution < -0.4 is 14.8 Å². The molecule has 0 saturated carbocycles. The van der Waals surface area contributed by atoms with Crippen LogP contribution in [0.15, 0.2) is 18.2 Å². The molecule has 0 radical (unpaired) electrons. The fourth-order valence-corrected chi connectivity index (χ4v) is 1.60. The highest BCUT2D eigenvalue weighted by Crippen LogP contribution is 2.29. The average Bonchev–Trinajstić information content (AvgIpc) is 2.38. The number of hydrogen-bond donors (Lipinski definition) is 1. The van der Waals surface area contributed by atoms with Crippen LogP contribution in [0.1, 0.15) is 5.56 Å². The quantitative estimate of drug-likeness (QED) is 0.841. The minimum absolute atomic E-state index is 0.0140. The van der Waals surface area contributed by atoms with Crippen molar-refractivity contribution < 1.29 is 18.3 Å². The maximum absolute atomic E-state index is 12.2. The maximum Gasteiger partial charge on any atom is 0.387 e. The summed E-state index contributed by atoms with van der Waals surface area (Å²) < 4.78 is 33.8. The molecule has 0 atom stereocenters. The second-order valence-electron chi connectivity index (χ2n) is 3.77. The molecule has 0 bridgehead atoms. The number of benzene rings is 1. The third-order valence-electron chi connectivity index (χ3n) is 2.42. The number of ether oxygens (including phenoxy) is 2. The summed E-state index contributed by atoms with van der Waals surface area (Å²) in [5.41, 5.74) is 0.874. The van der Waals surface area contributed by atoms with E-state index < -0.39 is 6.61 Å². The van der Waals surface area contributed by atoms with Crippen molar-refractivity contribution in [2.75, 3.05) is 21.2 Å². The van der Waals surface area contributed by atoms with Crippen LogP contribution >= 0.6 is 12.2 Å². The molecule has 7 heteroatoms. The molecule has 19 heavy (non-hydrogen) atoms. The van der Waals surface area contributed by atoms with E-state index in [-0.39, 0.29) is 11.5 Å². The lowest BCUT2D eigenvalue weighted by Crippen LogP contribution is -2.34. The molecule has 1 aromatic carbocycles. The van der Waals surface area contributed by atoms with Gasteiger partial charge in [0.25, 0.3) is 0 Å². The molecule has 1 N–H and O–H groups in total. The summed E-state index contributed by atoms with van der Waals surface area (Å²) in [6.07, 6.45) is 0. The van der Waals surface area contributed by atoms with Crippen LogP contribution in [0.25, 0.3) is 0 Å². The minimum Gasteiger partial charge on any atom is -0.493 e. The molecule has 106 valence electrons. The van der Waals surface area contributed by atoms with E-state index in [1.165, 1.54) is 13.2 Å². The molecular formula is C12H16F2N2O2S. The van der Waals surface area contributed by atoms with E-state index in [4.69, 9.17) is 17.0 Å². The lowest BCUT2D eigenvalue weighted by Gasteiger charge is -2.20. The smallest absolute Gasteiger partial charge is 0.387 e. The number of halogens is 2. The molecule has 0 aliphatic carbocycles. The highest BCUT2D eigenvalue weighted by atomic mass is 32.1. The van der Waals surface area contributed by atoms with Crippen molar-refractivity contribution in [1.29, 1.82) is 0 Å². The van der Waals surface area contributed by atoms with Crippen molar-refractivity contribution in [3.63, 3.8) is 0 Å². The number of hydrogen-bond acceptors (Lipinski definition) is 3. The Hall–Kier alpha value is -1.63. The van der Waals surface area contributed by atoms with Crippen LogP contribution in [0, 0.1) is 0 Å². The molecule has 1 rings (SSSR count). The zero-order valence-electron chi connectivity index (χ0n) is 10.9. The molecule has 4 nitrogen and oxygen atoms in total. The Morgan fingerprint density at radius 3 is 2.63 bits per heavy atom. The topological polar surface area (TPSA) is 33.7 Å². The number of nitrogens with one attached hydrogen (secondary N) is 1. The summed E-state index contributed by atoms with van der Waals surface area (Å²) in [7, 11) is 4.97. The first-order chi connectivity index (χ1) is 8.97. The summed E-state index contributed by atoms with van der Waals surface area (Å²) in [4.78, 5) is 1.82. The van der Waals surface area contributed by atoms with Gasteiger partial charge in [-0.1, -0.05) is 6.07 Å². The molecule has 0 fully saturated rings. The van der Waals surface area contributed by atoms with Crippen molar-refractivity contribution in [3.05, 3.63) is 23.8 Å². The third kappa shape index (κ3) is 4.51. The summed E-state index contributed by atoms with van der Waals surface area (Å²) in [6, 6.07) is 4.79. The molecule has 0 spiro atoms. The van der Waals surface area contributed by atoms with Crippen molar-refractivity contribution in [2.45, 2.75) is 13.2 Å². The lowest BCUT2D eigenvalue weighted by atomic mass is 10.2. The van der Waals surface area contributed by atoms with Crippen molar-refractivity contribution in [2.24, 2.45) is 0 Å². The molecule has 0 heterocycles. The van der Waals surface area contributed by atoms with Crippen LogP contribution in [-0.2, 0) is 6.54 Å². The van der Waals surface area contributed by atoms with Gasteiger partial charge in [0.15, 0.2) is 16.6 Å². The Morgan fingerprint density at radius 1 is 1.42 bits per heavy atom. The Bertz CT molecular complexity index is 444. The Kier molecular flexibility index (Phi) is 5.75. The predicted octanol–water partition coefficient (Wildman–Crippen LogP) is 2.23. The summed E-state index contributed by atoms with van der Waals surface area (Å²) >= 11 is 5.08. The van der Waals surface area contributed by atoms with E-state index in [0.717, 1.165) is 5.56 Å². The van der Waals surface area contributed by atoms with Crippen LogP contribution in [0.3, 0.4) is 0 Å². The number of thiocarbonyl (C=S) groups is 1. The van der Waals surface area contributed by atoms with E-state index in [0.29, 0.717) is 11.7 Å². The molecule has 0 aliphatic rings. The first-order valence-corrected chi connectivity index (χ1v) is 5.93. The monoisotopic (exact) mass is 290 g/mol. The highest BCUT2D eigenvalue weighted by Gasteiger charge is 2.12. The number of methoxy groups -OCH3 is 1. The third-order valence-corrected chi connectivity index (χ3v) is 2.94. The predicted molar refractivity (Wildman–Crippen MR) is 72.8 cm³/mol. The van der Waals surface area contributed by atoms with Crippen molar-refractivity contribution in [1.82, 2.24) is 10.2 Å². The molecule has 1 aromatic rings. The number of alkyl halides is 2. The van der Waals surface area contributed by atoms with Gasteiger partial charge in [-0.05, 0) is 29.9 Å². The average molecular weight is 290 g/mol. The van der Waals surface area contributed by atoms with Gasteiger partial charge in [0.2, 0.25) is 0 Å². The van der Waals surface area contributed by atoms with Gasteiger partial charge in [0.05, 0.1) is 7.11 Å². The Labute approximate surface area is 116 Å². The van der Waals surface area contributed by atoms with Gasteiger partial charge in [-0.15, -0.1) is 0 Å². The van der Waals surface area contributed by atoms with Crippen LogP contribution in [0.4, 0.5) is 8.78 Å². The van der Waals surface area contributed by atoms with Gasteiger partial charge < -0.3 is 19.7 Å². The van der Waals surface area contributed by atoms with E-state index in [2.05, 4.69) is 10.1 Å². The van der Waals surface area contributed by atoms with Gasteiger partial charge >= 0.3 is 6.61 Å². The molecule has 0 amide bonds. The van der Waals surface area contributed by atoms with Gasteiger partial charge in [-0.2, -0.15) is 8.78 Å². The summed E-state index contributed by atoms with van der Waals surface area (Å²) in [5.74, 6) is 0.279. The zero-order valence-corrected chi connectivity index (χ0v) is 11.8. The normalized spacial score (nSPS) is 10.2. The Morgan fingerprint density at radius 2 is 2.11 bits per heavy atom. The molecule has 0 unspecified atom stereocenters. The van der Waals surface area contributed by atoms with E-state index in [1.807, 2.05) is 11.9 Å². The standard InChI is InChI=1S/C12H16F2N2O2S/c1-15-12(19)16(2)7-8-4-5-9(18-11(13)14)10(6-8)17-3/h4-6,11H,7H2,1-3H3,(H,15,19). The van der Waals surface area contributed by atoms with Crippen LogP contribution in [-0.4, -0.2) is 37.8 Å². The second-order valence-corrected chi connectivity index (χ2v) is 4.16. The van der Waals surface area contributed by atoms with E-state index >= 15 is 0 Å². The van der Waals surface area contributed by atoms with Crippen LogP contribution in [0.5, 0.6) is 11.5 Å². The summed E-state index contributed by atoms with van der Waals surface area (Å²) in [5, 5.41) is 3.44. The van der Waals surface area contributed by atoms with Crippen molar-refractivity contribution in [3.8, 4) is 11.5 Å². The molecule has 0 aliphatic heterocycles. The number of rotatable bonds is 5. The Balaban J connectivity index is 2.84.